The lowest BCUT2D eigenvalue weighted by atomic mass is 10.0. The third-order valence-corrected chi connectivity index (χ3v) is 3.24. The molecule has 12 heavy (non-hydrogen) atoms. The number of hydrogen-bond donors (Lipinski definition) is 0. The minimum atomic E-state index is 0. The predicted octanol–water partition coefficient (Wildman–Crippen LogP) is -0.335. The highest BCUT2D eigenvalue weighted by Gasteiger charge is 2.35. The SMILES string of the molecule is CC[N+](CC)(CC)C(C)(C)C.[Cl-]. The highest BCUT2D eigenvalue weighted by molar-refractivity contribution is 4.62. The van der Waals surface area contributed by atoms with Crippen LogP contribution in [0, 0.1) is 0 Å². The molecule has 2 heteroatoms. The molecule has 0 aliphatic carbocycles. The molecule has 0 fully saturated rings. The zero-order valence-electron chi connectivity index (χ0n) is 9.45. The van der Waals surface area contributed by atoms with Crippen molar-refractivity contribution in [2.45, 2.75) is 47.1 Å². The summed E-state index contributed by atoms with van der Waals surface area (Å²) in [5, 5.41) is 0. The highest BCUT2D eigenvalue weighted by atomic mass is 35.5. The van der Waals surface area contributed by atoms with Gasteiger partial charge in [0.05, 0.1) is 25.2 Å². The van der Waals surface area contributed by atoms with Crippen LogP contribution in [-0.4, -0.2) is 29.7 Å². The van der Waals surface area contributed by atoms with Gasteiger partial charge in [0.1, 0.15) is 0 Å². The Kier molecular flexibility index (Phi) is 6.25. The number of halogens is 1. The Morgan fingerprint density at radius 1 is 0.833 bits per heavy atom. The van der Waals surface area contributed by atoms with Crippen LogP contribution in [0.15, 0.2) is 0 Å². The molecule has 0 saturated heterocycles. The van der Waals surface area contributed by atoms with Crippen molar-refractivity contribution >= 4 is 0 Å². The van der Waals surface area contributed by atoms with Crippen molar-refractivity contribution < 1.29 is 16.9 Å². The summed E-state index contributed by atoms with van der Waals surface area (Å²) in [4.78, 5) is 0. The molecule has 76 valence electrons. The van der Waals surface area contributed by atoms with Gasteiger partial charge in [0, 0.05) is 0 Å². The van der Waals surface area contributed by atoms with E-state index in [0.29, 0.717) is 5.54 Å². The fraction of sp³-hybridized carbons (Fsp3) is 1.00. The first-order chi connectivity index (χ1) is 4.93. The maximum atomic E-state index is 2.34. The van der Waals surface area contributed by atoms with Crippen molar-refractivity contribution in [1.82, 2.24) is 0 Å². The van der Waals surface area contributed by atoms with E-state index in [1.54, 1.807) is 0 Å². The minimum Gasteiger partial charge on any atom is -1.00 e. The Morgan fingerprint density at radius 2 is 1.08 bits per heavy atom. The van der Waals surface area contributed by atoms with E-state index in [9.17, 15) is 0 Å². The van der Waals surface area contributed by atoms with Gasteiger partial charge in [-0.25, -0.2) is 0 Å². The molecule has 1 nitrogen and oxygen atoms in total. The molecule has 0 unspecified atom stereocenters. The van der Waals surface area contributed by atoms with Crippen LogP contribution in [0.4, 0.5) is 0 Å². The van der Waals surface area contributed by atoms with Gasteiger partial charge in [0.2, 0.25) is 0 Å². The van der Waals surface area contributed by atoms with Crippen LogP contribution < -0.4 is 12.4 Å². The summed E-state index contributed by atoms with van der Waals surface area (Å²) in [6.07, 6.45) is 0. The second kappa shape index (κ2) is 5.08. The lowest BCUT2D eigenvalue weighted by Crippen LogP contribution is -3.00. The summed E-state index contributed by atoms with van der Waals surface area (Å²) >= 11 is 0. The molecule has 0 spiro atoms. The van der Waals surface area contributed by atoms with Crippen LogP contribution in [-0.2, 0) is 0 Å². The average molecular weight is 194 g/mol. The first-order valence-electron chi connectivity index (χ1n) is 4.79. The van der Waals surface area contributed by atoms with E-state index in [1.807, 2.05) is 0 Å². The molecule has 0 aliphatic heterocycles. The molecule has 0 saturated carbocycles. The van der Waals surface area contributed by atoms with Gasteiger partial charge in [-0.3, -0.25) is 0 Å². The Hall–Kier alpha value is 0.250. The molecule has 0 aromatic heterocycles. The van der Waals surface area contributed by atoms with Gasteiger partial charge in [0.15, 0.2) is 0 Å². The summed E-state index contributed by atoms with van der Waals surface area (Å²) in [5.74, 6) is 0. The summed E-state index contributed by atoms with van der Waals surface area (Å²) in [5.41, 5.74) is 0.401. The van der Waals surface area contributed by atoms with Crippen LogP contribution >= 0.6 is 0 Å². The van der Waals surface area contributed by atoms with Crippen molar-refractivity contribution in [3.8, 4) is 0 Å². The highest BCUT2D eigenvalue weighted by Crippen LogP contribution is 2.23. The Labute approximate surface area is 84.1 Å². The second-order valence-electron chi connectivity index (χ2n) is 4.26. The summed E-state index contributed by atoms with van der Waals surface area (Å²) in [6, 6.07) is 0. The molecule has 0 aromatic carbocycles. The van der Waals surface area contributed by atoms with Gasteiger partial charge < -0.3 is 16.9 Å². The largest absolute Gasteiger partial charge is 1.00 e. The average Bonchev–Trinajstić information content (AvgIpc) is 1.90. The van der Waals surface area contributed by atoms with Crippen molar-refractivity contribution in [2.75, 3.05) is 19.6 Å². The van der Waals surface area contributed by atoms with Crippen LogP contribution in [0.3, 0.4) is 0 Å². The third kappa shape index (κ3) is 2.63. The molecular weight excluding hydrogens is 170 g/mol. The van der Waals surface area contributed by atoms with Crippen LogP contribution in [0.25, 0.3) is 0 Å². The van der Waals surface area contributed by atoms with E-state index >= 15 is 0 Å². The van der Waals surface area contributed by atoms with Crippen LogP contribution in [0.5, 0.6) is 0 Å². The molecular formula is C10H24ClN. The van der Waals surface area contributed by atoms with Crippen molar-refractivity contribution in [3.05, 3.63) is 0 Å². The summed E-state index contributed by atoms with van der Waals surface area (Å²) in [7, 11) is 0. The molecule has 0 N–H and O–H groups in total. The van der Waals surface area contributed by atoms with Gasteiger partial charge in [-0.1, -0.05) is 0 Å². The number of nitrogens with zero attached hydrogens (tertiary/aromatic N) is 1. The van der Waals surface area contributed by atoms with Crippen molar-refractivity contribution in [1.29, 1.82) is 0 Å². The van der Waals surface area contributed by atoms with E-state index in [0.717, 1.165) is 0 Å². The topological polar surface area (TPSA) is 0 Å². The number of hydrogen-bond acceptors (Lipinski definition) is 0. The summed E-state index contributed by atoms with van der Waals surface area (Å²) in [6.45, 7) is 17.6. The molecule has 0 aliphatic rings. The molecule has 0 rings (SSSR count). The smallest absolute Gasteiger partial charge is 0.0907 e. The van der Waals surface area contributed by atoms with Gasteiger partial charge in [-0.05, 0) is 41.5 Å². The van der Waals surface area contributed by atoms with Crippen molar-refractivity contribution in [3.63, 3.8) is 0 Å². The Balaban J connectivity index is 0. The maximum absolute atomic E-state index is 2.34. The van der Waals surface area contributed by atoms with Crippen LogP contribution in [0.1, 0.15) is 41.5 Å². The monoisotopic (exact) mass is 193 g/mol. The number of rotatable bonds is 3. The van der Waals surface area contributed by atoms with E-state index in [1.165, 1.54) is 24.1 Å². The van der Waals surface area contributed by atoms with Gasteiger partial charge in [-0.2, -0.15) is 0 Å². The Morgan fingerprint density at radius 3 is 1.08 bits per heavy atom. The third-order valence-electron chi connectivity index (χ3n) is 3.24. The zero-order chi connectivity index (χ0) is 9.12. The Bertz CT molecular complexity index is 103. The van der Waals surface area contributed by atoms with Crippen molar-refractivity contribution in [2.24, 2.45) is 0 Å². The van der Waals surface area contributed by atoms with E-state index in [-0.39, 0.29) is 12.4 Å². The predicted molar refractivity (Wildman–Crippen MR) is 51.6 cm³/mol. The molecule has 0 radical (unpaired) electrons. The molecule has 0 amide bonds. The zero-order valence-corrected chi connectivity index (χ0v) is 10.2. The lowest BCUT2D eigenvalue weighted by molar-refractivity contribution is -0.966. The standard InChI is InChI=1S/C10H24N.ClH/c1-7-11(8-2,9-3)10(4,5)6;/h7-9H2,1-6H3;1H/q+1;/p-1. The molecule has 0 aromatic rings. The normalized spacial score (nSPS) is 12.5. The molecule has 0 bridgehead atoms. The first-order valence-corrected chi connectivity index (χ1v) is 4.79. The molecule has 0 atom stereocenters. The van der Waals surface area contributed by atoms with E-state index in [4.69, 9.17) is 0 Å². The lowest BCUT2D eigenvalue weighted by Gasteiger charge is -2.47. The second-order valence-corrected chi connectivity index (χ2v) is 4.26. The molecule has 0 heterocycles. The van der Waals surface area contributed by atoms with Gasteiger partial charge >= 0.3 is 0 Å². The van der Waals surface area contributed by atoms with E-state index < -0.39 is 0 Å². The maximum Gasteiger partial charge on any atom is 0.0907 e. The fourth-order valence-electron chi connectivity index (χ4n) is 2.09. The first kappa shape index (κ1) is 14.8. The fourth-order valence-corrected chi connectivity index (χ4v) is 2.09. The van der Waals surface area contributed by atoms with Crippen LogP contribution in [0.2, 0.25) is 0 Å². The van der Waals surface area contributed by atoms with E-state index in [2.05, 4.69) is 41.5 Å². The minimum absolute atomic E-state index is 0. The van der Waals surface area contributed by atoms with Gasteiger partial charge in [-0.15, -0.1) is 0 Å². The van der Waals surface area contributed by atoms with Gasteiger partial charge in [0.25, 0.3) is 0 Å². The summed E-state index contributed by atoms with van der Waals surface area (Å²) < 4.78 is 1.23. The number of quaternary nitrogens is 1. The quantitative estimate of drug-likeness (QED) is 0.539.